The topological polar surface area (TPSA) is 86.7 Å². The number of aliphatic carboxylic acids is 1. The number of nitrogens with zero attached hydrogens (tertiary/aromatic N) is 1. The molecule has 0 saturated heterocycles. The van der Waals surface area contributed by atoms with Gasteiger partial charge in [0.05, 0.1) is 11.4 Å². The fourth-order valence-corrected chi connectivity index (χ4v) is 3.00. The smallest absolute Gasteiger partial charge is 0.326 e. The number of carboxylic acid groups (broad SMARTS) is 1. The minimum atomic E-state index is -1.08. The van der Waals surface area contributed by atoms with Gasteiger partial charge in [0.1, 0.15) is 12.6 Å². The zero-order valence-electron chi connectivity index (χ0n) is 12.7. The van der Waals surface area contributed by atoms with E-state index in [2.05, 4.69) is 5.32 Å². The van der Waals surface area contributed by atoms with E-state index in [-0.39, 0.29) is 24.6 Å². The predicted molar refractivity (Wildman–Crippen MR) is 88.4 cm³/mol. The van der Waals surface area contributed by atoms with Gasteiger partial charge in [0.15, 0.2) is 0 Å². The summed E-state index contributed by atoms with van der Waals surface area (Å²) in [6.07, 6.45) is 0.284. The molecule has 1 aromatic rings. The second kappa shape index (κ2) is 7.82. The van der Waals surface area contributed by atoms with Crippen molar-refractivity contribution < 1.29 is 19.5 Å². The molecule has 0 radical (unpaired) electrons. The van der Waals surface area contributed by atoms with Gasteiger partial charge in [0, 0.05) is 0 Å². The molecule has 0 spiro atoms. The van der Waals surface area contributed by atoms with Gasteiger partial charge in [-0.25, -0.2) is 4.79 Å². The molecule has 23 heavy (non-hydrogen) atoms. The van der Waals surface area contributed by atoms with E-state index in [4.69, 9.17) is 5.11 Å². The van der Waals surface area contributed by atoms with E-state index in [1.807, 2.05) is 35.7 Å². The molecule has 1 heterocycles. The van der Waals surface area contributed by atoms with Crippen molar-refractivity contribution in [1.82, 2.24) is 10.2 Å². The predicted octanol–water partition coefficient (Wildman–Crippen LogP) is 1.54. The summed E-state index contributed by atoms with van der Waals surface area (Å²) in [6, 6.07) is 8.37. The van der Waals surface area contributed by atoms with Crippen molar-refractivity contribution in [3.63, 3.8) is 0 Å². The summed E-state index contributed by atoms with van der Waals surface area (Å²) in [5, 5.41) is 13.3. The Morgan fingerprint density at radius 1 is 1.35 bits per heavy atom. The molecule has 0 saturated carbocycles. The Hall–Kier alpha value is -2.28. The fourth-order valence-electron chi connectivity index (χ4n) is 2.20. The summed E-state index contributed by atoms with van der Waals surface area (Å²) < 4.78 is 0. The number of carbonyl (C=O) groups is 3. The van der Waals surface area contributed by atoms with Gasteiger partial charge in [-0.05, 0) is 17.4 Å². The largest absolute Gasteiger partial charge is 0.480 e. The monoisotopic (exact) mass is 334 g/mol. The summed E-state index contributed by atoms with van der Waals surface area (Å²) in [4.78, 5) is 36.7. The molecule has 122 valence electrons. The quantitative estimate of drug-likeness (QED) is 0.824. The molecule has 6 nitrogen and oxygen atoms in total. The van der Waals surface area contributed by atoms with Crippen LogP contribution in [0.4, 0.5) is 0 Å². The van der Waals surface area contributed by atoms with E-state index in [0.717, 1.165) is 5.56 Å². The Kier molecular flexibility index (Phi) is 5.81. The summed E-state index contributed by atoms with van der Waals surface area (Å²) in [7, 11) is 0. The molecule has 1 aliphatic heterocycles. The standard InChI is InChI=1S/C16H18N2O4S/c1-2-12(16(21)22)17-14(19)8-18-13(9-23-10-15(18)20)11-6-4-3-5-7-11/h3-7,9,12H,2,8,10H2,1H3,(H,17,19)(H,21,22). The molecular weight excluding hydrogens is 316 g/mol. The van der Waals surface area contributed by atoms with Crippen LogP contribution in [-0.2, 0) is 14.4 Å². The number of amides is 2. The maximum atomic E-state index is 12.2. The van der Waals surface area contributed by atoms with Crippen LogP contribution in [-0.4, -0.2) is 46.1 Å². The van der Waals surface area contributed by atoms with Gasteiger partial charge in [-0.15, -0.1) is 11.8 Å². The normalized spacial score (nSPS) is 15.8. The first kappa shape index (κ1) is 17.1. The number of carboxylic acids is 1. The number of thioether (sulfide) groups is 1. The van der Waals surface area contributed by atoms with Crippen molar-refractivity contribution in [2.24, 2.45) is 0 Å². The molecule has 2 N–H and O–H groups in total. The van der Waals surface area contributed by atoms with E-state index in [1.165, 1.54) is 16.7 Å². The summed E-state index contributed by atoms with van der Waals surface area (Å²) in [5.41, 5.74) is 1.50. The van der Waals surface area contributed by atoms with E-state index in [0.29, 0.717) is 5.70 Å². The van der Waals surface area contributed by atoms with Crippen LogP contribution in [0.2, 0.25) is 0 Å². The molecular formula is C16H18N2O4S. The lowest BCUT2D eigenvalue weighted by atomic mass is 10.1. The average Bonchev–Trinajstić information content (AvgIpc) is 2.55. The Morgan fingerprint density at radius 2 is 2.04 bits per heavy atom. The molecule has 1 aliphatic rings. The van der Waals surface area contributed by atoms with Crippen molar-refractivity contribution in [2.45, 2.75) is 19.4 Å². The average molecular weight is 334 g/mol. The van der Waals surface area contributed by atoms with Crippen LogP contribution in [0.15, 0.2) is 35.7 Å². The van der Waals surface area contributed by atoms with Gasteiger partial charge in [-0.2, -0.15) is 0 Å². The number of benzene rings is 1. The third-order valence-electron chi connectivity index (χ3n) is 3.41. The summed E-state index contributed by atoms with van der Waals surface area (Å²) >= 11 is 1.38. The van der Waals surface area contributed by atoms with Crippen LogP contribution in [0.3, 0.4) is 0 Å². The van der Waals surface area contributed by atoms with Gasteiger partial charge < -0.3 is 15.3 Å². The number of hydrogen-bond acceptors (Lipinski definition) is 4. The Bertz CT molecular complexity index is 630. The number of rotatable bonds is 6. The summed E-state index contributed by atoms with van der Waals surface area (Å²) in [5.74, 6) is -1.48. The van der Waals surface area contributed by atoms with E-state index in [1.54, 1.807) is 6.92 Å². The van der Waals surface area contributed by atoms with Crippen LogP contribution in [0.25, 0.3) is 5.70 Å². The highest BCUT2D eigenvalue weighted by atomic mass is 32.2. The van der Waals surface area contributed by atoms with Crippen molar-refractivity contribution in [2.75, 3.05) is 12.3 Å². The van der Waals surface area contributed by atoms with Gasteiger partial charge in [-0.1, -0.05) is 37.3 Å². The molecule has 1 aromatic carbocycles. The Labute approximate surface area is 138 Å². The van der Waals surface area contributed by atoms with Gasteiger partial charge in [-0.3, -0.25) is 9.59 Å². The van der Waals surface area contributed by atoms with E-state index < -0.39 is 17.9 Å². The van der Waals surface area contributed by atoms with Crippen LogP contribution < -0.4 is 5.32 Å². The Balaban J connectivity index is 2.13. The van der Waals surface area contributed by atoms with E-state index in [9.17, 15) is 14.4 Å². The molecule has 0 aromatic heterocycles. The zero-order valence-corrected chi connectivity index (χ0v) is 13.5. The highest BCUT2D eigenvalue weighted by Gasteiger charge is 2.27. The minimum Gasteiger partial charge on any atom is -0.480 e. The first-order valence-corrected chi connectivity index (χ1v) is 8.27. The molecule has 2 amide bonds. The molecule has 2 rings (SSSR count). The lowest BCUT2D eigenvalue weighted by Crippen LogP contribution is -2.47. The van der Waals surface area contributed by atoms with Crippen molar-refractivity contribution in [1.29, 1.82) is 0 Å². The number of nitrogens with one attached hydrogen (secondary N) is 1. The molecule has 1 atom stereocenters. The lowest BCUT2D eigenvalue weighted by Gasteiger charge is -2.28. The van der Waals surface area contributed by atoms with Gasteiger partial charge in [0.2, 0.25) is 11.8 Å². The van der Waals surface area contributed by atoms with Crippen molar-refractivity contribution >= 4 is 35.2 Å². The Morgan fingerprint density at radius 3 is 2.65 bits per heavy atom. The highest BCUT2D eigenvalue weighted by molar-refractivity contribution is 8.03. The van der Waals surface area contributed by atoms with Crippen LogP contribution in [0, 0.1) is 0 Å². The van der Waals surface area contributed by atoms with Gasteiger partial charge in [0.25, 0.3) is 0 Å². The SMILES string of the molecule is CCC(NC(=O)CN1C(=O)CSC=C1c1ccccc1)C(=O)O. The third-order valence-corrected chi connectivity index (χ3v) is 4.21. The van der Waals surface area contributed by atoms with Crippen LogP contribution >= 0.6 is 11.8 Å². The van der Waals surface area contributed by atoms with Crippen LogP contribution in [0.1, 0.15) is 18.9 Å². The summed E-state index contributed by atoms with van der Waals surface area (Å²) in [6.45, 7) is 1.49. The van der Waals surface area contributed by atoms with Crippen LogP contribution in [0.5, 0.6) is 0 Å². The van der Waals surface area contributed by atoms with Gasteiger partial charge >= 0.3 is 5.97 Å². The van der Waals surface area contributed by atoms with Crippen molar-refractivity contribution in [3.05, 3.63) is 41.3 Å². The minimum absolute atomic E-state index is 0.171. The molecule has 0 bridgehead atoms. The number of carbonyl (C=O) groups excluding carboxylic acids is 2. The molecule has 0 aliphatic carbocycles. The maximum Gasteiger partial charge on any atom is 0.326 e. The maximum absolute atomic E-state index is 12.2. The number of hydrogen-bond donors (Lipinski definition) is 2. The highest BCUT2D eigenvalue weighted by Crippen LogP contribution is 2.27. The fraction of sp³-hybridized carbons (Fsp3) is 0.312. The second-order valence-corrected chi connectivity index (χ2v) is 5.88. The molecule has 7 heteroatoms. The van der Waals surface area contributed by atoms with Crippen molar-refractivity contribution in [3.8, 4) is 0 Å². The lowest BCUT2D eigenvalue weighted by molar-refractivity contribution is -0.142. The van der Waals surface area contributed by atoms with E-state index >= 15 is 0 Å². The molecule has 0 fully saturated rings. The second-order valence-electron chi connectivity index (χ2n) is 5.03. The molecule has 1 unspecified atom stereocenters. The zero-order chi connectivity index (χ0) is 16.8. The first-order chi connectivity index (χ1) is 11.0. The first-order valence-electron chi connectivity index (χ1n) is 7.22. The third kappa shape index (κ3) is 4.35.